The van der Waals surface area contributed by atoms with Gasteiger partial charge in [0.2, 0.25) is 0 Å². The number of hydrogen-bond donors (Lipinski definition) is 2. The van der Waals surface area contributed by atoms with Crippen molar-refractivity contribution >= 4 is 17.4 Å². The van der Waals surface area contributed by atoms with Crippen LogP contribution in [0.5, 0.6) is 0 Å². The van der Waals surface area contributed by atoms with Gasteiger partial charge in [0.05, 0.1) is 0 Å². The first-order valence-electron chi connectivity index (χ1n) is 6.40. The molecule has 20 heavy (non-hydrogen) atoms. The Bertz CT molecular complexity index is 507. The van der Waals surface area contributed by atoms with Gasteiger partial charge in [0, 0.05) is 11.3 Å². The van der Waals surface area contributed by atoms with Crippen molar-refractivity contribution in [3.8, 4) is 0 Å². The van der Waals surface area contributed by atoms with Gasteiger partial charge in [0.1, 0.15) is 11.4 Å². The topological polar surface area (TPSA) is 64.3 Å². The molecule has 0 aliphatic heterocycles. The van der Waals surface area contributed by atoms with E-state index in [9.17, 15) is 9.18 Å². The highest BCUT2D eigenvalue weighted by molar-refractivity contribution is 5.85. The van der Waals surface area contributed by atoms with Crippen LogP contribution in [0.4, 0.5) is 14.9 Å². The van der Waals surface area contributed by atoms with Gasteiger partial charge in [-0.3, -0.25) is 5.32 Å². The van der Waals surface area contributed by atoms with Crippen molar-refractivity contribution in [2.45, 2.75) is 32.8 Å². The zero-order valence-electron chi connectivity index (χ0n) is 12.1. The van der Waals surface area contributed by atoms with Crippen LogP contribution in [0.2, 0.25) is 0 Å². The summed E-state index contributed by atoms with van der Waals surface area (Å²) in [6, 6.07) is 4.28. The van der Waals surface area contributed by atoms with Crippen LogP contribution in [-0.2, 0) is 4.74 Å². The van der Waals surface area contributed by atoms with Crippen LogP contribution in [0.15, 0.2) is 24.8 Å². The molecule has 0 radical (unpaired) electrons. The highest BCUT2D eigenvalue weighted by Gasteiger charge is 2.16. The van der Waals surface area contributed by atoms with Crippen LogP contribution < -0.4 is 11.1 Å². The minimum absolute atomic E-state index is 0.351. The van der Waals surface area contributed by atoms with Crippen molar-refractivity contribution in [3.63, 3.8) is 0 Å². The second kappa shape index (κ2) is 6.52. The summed E-state index contributed by atoms with van der Waals surface area (Å²) in [5, 5.41) is 2.56. The number of nitrogens with one attached hydrogen (secondary N) is 1. The van der Waals surface area contributed by atoms with Gasteiger partial charge >= 0.3 is 6.09 Å². The third-order valence-electron chi connectivity index (χ3n) is 2.44. The van der Waals surface area contributed by atoms with E-state index < -0.39 is 17.5 Å². The number of halogens is 1. The second-order valence-corrected chi connectivity index (χ2v) is 5.46. The lowest BCUT2D eigenvalue weighted by Crippen LogP contribution is -2.27. The van der Waals surface area contributed by atoms with E-state index in [-0.39, 0.29) is 0 Å². The van der Waals surface area contributed by atoms with Gasteiger partial charge in [-0.05, 0) is 57.5 Å². The number of ether oxygens (including phenoxy) is 1. The monoisotopic (exact) mass is 280 g/mol. The largest absolute Gasteiger partial charge is 0.444 e. The van der Waals surface area contributed by atoms with Crippen molar-refractivity contribution in [2.24, 2.45) is 5.73 Å². The zero-order chi connectivity index (χ0) is 15.3. The van der Waals surface area contributed by atoms with E-state index in [4.69, 9.17) is 10.5 Å². The summed E-state index contributed by atoms with van der Waals surface area (Å²) in [5.74, 6) is -0.391. The van der Waals surface area contributed by atoms with Gasteiger partial charge in [-0.2, -0.15) is 0 Å². The van der Waals surface area contributed by atoms with E-state index in [1.165, 1.54) is 18.2 Å². The van der Waals surface area contributed by atoms with Gasteiger partial charge in [-0.15, -0.1) is 0 Å². The summed E-state index contributed by atoms with van der Waals surface area (Å²) < 4.78 is 18.8. The van der Waals surface area contributed by atoms with Crippen LogP contribution in [0.3, 0.4) is 0 Å². The van der Waals surface area contributed by atoms with Gasteiger partial charge in [0.15, 0.2) is 0 Å². The third-order valence-corrected chi connectivity index (χ3v) is 2.44. The van der Waals surface area contributed by atoms with Crippen LogP contribution in [0, 0.1) is 5.82 Å². The first-order chi connectivity index (χ1) is 9.23. The molecule has 1 amide bonds. The fourth-order valence-electron chi connectivity index (χ4n) is 1.60. The normalized spacial score (nSPS) is 11.1. The molecule has 0 heterocycles. The third kappa shape index (κ3) is 5.01. The molecule has 0 saturated carbocycles. The van der Waals surface area contributed by atoms with Crippen LogP contribution in [0.25, 0.3) is 5.57 Å². The number of benzene rings is 1. The molecule has 0 spiro atoms. The molecule has 0 aliphatic rings. The Morgan fingerprint density at radius 2 is 2.10 bits per heavy atom. The van der Waals surface area contributed by atoms with Crippen molar-refractivity contribution in [1.29, 1.82) is 0 Å². The first kappa shape index (κ1) is 16.2. The Kier molecular flexibility index (Phi) is 5.27. The van der Waals surface area contributed by atoms with E-state index in [0.717, 1.165) is 0 Å². The average molecular weight is 280 g/mol. The standard InChI is InChI=1S/C15H21FN2O2/c1-10(7-8-17)12-9-11(5-6-13(12)16)18-14(19)20-15(2,3)4/h5-6,9H,1,7-8,17H2,2-4H3,(H,18,19). The lowest BCUT2D eigenvalue weighted by Gasteiger charge is -2.20. The molecule has 0 saturated heterocycles. The van der Waals surface area contributed by atoms with Gasteiger partial charge in [0.25, 0.3) is 0 Å². The van der Waals surface area contributed by atoms with Crippen LogP contribution in [0.1, 0.15) is 32.8 Å². The number of amides is 1. The van der Waals surface area contributed by atoms with Crippen LogP contribution >= 0.6 is 0 Å². The predicted molar refractivity (Wildman–Crippen MR) is 79.0 cm³/mol. The molecule has 1 aromatic carbocycles. The zero-order valence-corrected chi connectivity index (χ0v) is 12.1. The maximum absolute atomic E-state index is 13.7. The van der Waals surface area contributed by atoms with Crippen molar-refractivity contribution < 1.29 is 13.9 Å². The molecule has 0 unspecified atom stereocenters. The molecule has 1 rings (SSSR count). The Hall–Kier alpha value is -1.88. The number of nitrogens with two attached hydrogens (primary N) is 1. The highest BCUT2D eigenvalue weighted by Crippen LogP contribution is 2.23. The van der Waals surface area contributed by atoms with E-state index in [1.54, 1.807) is 20.8 Å². The molecule has 4 nitrogen and oxygen atoms in total. The van der Waals surface area contributed by atoms with Gasteiger partial charge in [-0.1, -0.05) is 6.58 Å². The molecule has 0 bridgehead atoms. The quantitative estimate of drug-likeness (QED) is 0.886. The molecule has 0 atom stereocenters. The van der Waals surface area contributed by atoms with Crippen molar-refractivity contribution in [1.82, 2.24) is 0 Å². The van der Waals surface area contributed by atoms with Crippen molar-refractivity contribution in [3.05, 3.63) is 36.2 Å². The minimum Gasteiger partial charge on any atom is -0.444 e. The molecule has 110 valence electrons. The Balaban J connectivity index is 2.85. The number of hydrogen-bond acceptors (Lipinski definition) is 3. The Morgan fingerprint density at radius 1 is 1.45 bits per heavy atom. The number of carbonyl (C=O) groups is 1. The fraction of sp³-hybridized carbons (Fsp3) is 0.400. The molecular weight excluding hydrogens is 259 g/mol. The van der Waals surface area contributed by atoms with Gasteiger partial charge in [-0.25, -0.2) is 9.18 Å². The molecule has 0 fully saturated rings. The molecule has 0 aromatic heterocycles. The summed E-state index contributed by atoms with van der Waals surface area (Å²) in [5.41, 5.74) is 6.24. The molecule has 5 heteroatoms. The highest BCUT2D eigenvalue weighted by atomic mass is 19.1. The molecular formula is C15H21FN2O2. The predicted octanol–water partition coefficient (Wildman–Crippen LogP) is 3.53. The summed E-state index contributed by atoms with van der Waals surface area (Å²) in [7, 11) is 0. The maximum atomic E-state index is 13.7. The first-order valence-corrected chi connectivity index (χ1v) is 6.40. The lowest BCUT2D eigenvalue weighted by atomic mass is 10.0. The summed E-state index contributed by atoms with van der Waals surface area (Å²) in [4.78, 5) is 11.7. The number of carbonyl (C=O) groups excluding carboxylic acids is 1. The SMILES string of the molecule is C=C(CCN)c1cc(NC(=O)OC(C)(C)C)ccc1F. The van der Waals surface area contributed by atoms with E-state index in [0.29, 0.717) is 29.8 Å². The van der Waals surface area contributed by atoms with E-state index in [1.807, 2.05) is 0 Å². The number of rotatable bonds is 4. The summed E-state index contributed by atoms with van der Waals surface area (Å²) >= 11 is 0. The average Bonchev–Trinajstić information content (AvgIpc) is 2.29. The van der Waals surface area contributed by atoms with E-state index in [2.05, 4.69) is 11.9 Å². The van der Waals surface area contributed by atoms with Crippen LogP contribution in [-0.4, -0.2) is 18.2 Å². The Morgan fingerprint density at radius 3 is 2.65 bits per heavy atom. The Labute approximate surface area is 118 Å². The van der Waals surface area contributed by atoms with E-state index >= 15 is 0 Å². The molecule has 3 N–H and O–H groups in total. The molecule has 0 aliphatic carbocycles. The van der Waals surface area contributed by atoms with Crippen molar-refractivity contribution in [2.75, 3.05) is 11.9 Å². The second-order valence-electron chi connectivity index (χ2n) is 5.46. The molecule has 1 aromatic rings. The van der Waals surface area contributed by atoms with Gasteiger partial charge < -0.3 is 10.5 Å². The summed E-state index contributed by atoms with van der Waals surface area (Å²) in [6.45, 7) is 9.49. The lowest BCUT2D eigenvalue weighted by molar-refractivity contribution is 0.0636. The fourth-order valence-corrected chi connectivity index (χ4v) is 1.60. The maximum Gasteiger partial charge on any atom is 0.412 e. The summed E-state index contributed by atoms with van der Waals surface area (Å²) in [6.07, 6.45) is -0.0909. The number of anilines is 1. The smallest absolute Gasteiger partial charge is 0.412 e. The minimum atomic E-state index is -0.587.